The number of amides is 1. The molecule has 320 valence electrons. The van der Waals surface area contributed by atoms with E-state index in [1.165, 1.54) is 12.0 Å². The van der Waals surface area contributed by atoms with Crippen LogP contribution in [0.15, 0.2) is 82.9 Å². The van der Waals surface area contributed by atoms with Crippen LogP contribution >= 0.6 is 11.8 Å². The number of nitrogens with zero attached hydrogens (tertiary/aromatic N) is 2. The first kappa shape index (κ1) is 45.5. The summed E-state index contributed by atoms with van der Waals surface area (Å²) in [6.45, 7) is 10.9. The number of oxime groups is 1. The summed E-state index contributed by atoms with van der Waals surface area (Å²) in [5.41, 5.74) is 2.02. The standard InChI is InChI=1S/C45H64N2O10S/c1-6-24-55-45-40(47(43(51)52-5)20-25-53-26-23-50)31-38(46-57-44(2,3)4)36-29-32(14-10-12-21-48)35(17-11-13-22-49)41(42(36)45)37-30-33(18-19-39(37)56-45)54-27-28-58-34-15-8-7-9-16-34/h6-9,15-16,18-19,29-30,32,35,40-42,48-50H,1,10-14,17,20-28,31H2,2-5H3. The molecule has 2 aromatic carbocycles. The third kappa shape index (κ3) is 11.4. The number of rotatable bonds is 23. The Bertz CT molecular complexity index is 1670. The van der Waals surface area contributed by atoms with Crippen molar-refractivity contribution in [2.24, 2.45) is 22.9 Å². The number of benzene rings is 2. The molecular weight excluding hydrogens is 761 g/mol. The lowest BCUT2D eigenvalue weighted by molar-refractivity contribution is -0.256. The monoisotopic (exact) mass is 824 g/mol. The Morgan fingerprint density at radius 2 is 1.78 bits per heavy atom. The van der Waals surface area contributed by atoms with Crippen LogP contribution in [0.3, 0.4) is 0 Å². The number of hydrogen-bond acceptors (Lipinski definition) is 12. The number of hydrogen-bond donors (Lipinski definition) is 3. The van der Waals surface area contributed by atoms with Crippen LogP contribution in [0.1, 0.15) is 77.2 Å². The van der Waals surface area contributed by atoms with E-state index in [4.69, 9.17) is 33.7 Å². The van der Waals surface area contributed by atoms with Gasteiger partial charge in [-0.15, -0.1) is 18.3 Å². The Balaban J connectivity index is 1.69. The quantitative estimate of drug-likeness (QED) is 0.0447. The molecule has 12 nitrogen and oxygen atoms in total. The molecule has 0 bridgehead atoms. The van der Waals surface area contributed by atoms with Gasteiger partial charge in [-0.1, -0.05) is 48.3 Å². The van der Waals surface area contributed by atoms with Crippen molar-refractivity contribution in [3.8, 4) is 11.5 Å². The number of thioether (sulfide) groups is 1. The molecule has 1 aliphatic heterocycles. The molecule has 0 spiro atoms. The van der Waals surface area contributed by atoms with E-state index in [9.17, 15) is 20.1 Å². The number of fused-ring (bicyclic) bond motifs is 2. The summed E-state index contributed by atoms with van der Waals surface area (Å²) in [5.74, 6) is 0.209. The molecule has 6 unspecified atom stereocenters. The number of aliphatic hydroxyl groups excluding tert-OH is 3. The fourth-order valence-corrected chi connectivity index (χ4v) is 9.34. The van der Waals surface area contributed by atoms with Crippen molar-refractivity contribution in [3.05, 3.63) is 78.4 Å². The third-order valence-electron chi connectivity index (χ3n) is 10.9. The highest BCUT2D eigenvalue weighted by molar-refractivity contribution is 7.99. The summed E-state index contributed by atoms with van der Waals surface area (Å²) in [5, 5.41) is 34.1. The van der Waals surface area contributed by atoms with E-state index < -0.39 is 29.4 Å². The van der Waals surface area contributed by atoms with Crippen LogP contribution in [0.5, 0.6) is 11.5 Å². The minimum atomic E-state index is -1.43. The smallest absolute Gasteiger partial charge is 0.410 e. The molecule has 3 aliphatic rings. The fraction of sp³-hybridized carbons (Fsp3) is 0.600. The summed E-state index contributed by atoms with van der Waals surface area (Å²) >= 11 is 1.74. The van der Waals surface area contributed by atoms with Gasteiger partial charge in [0.25, 0.3) is 0 Å². The van der Waals surface area contributed by atoms with Crippen LogP contribution < -0.4 is 9.47 Å². The summed E-state index contributed by atoms with van der Waals surface area (Å²) in [7, 11) is 1.35. The second kappa shape index (κ2) is 22.1. The molecule has 13 heteroatoms. The Kier molecular flexibility index (Phi) is 17.4. The first-order valence-electron chi connectivity index (χ1n) is 20.7. The van der Waals surface area contributed by atoms with Crippen molar-refractivity contribution in [2.45, 2.75) is 94.0 Å². The van der Waals surface area contributed by atoms with Crippen molar-refractivity contribution in [1.82, 2.24) is 4.90 Å². The van der Waals surface area contributed by atoms with Gasteiger partial charge in [0, 0.05) is 48.3 Å². The number of carbonyl (C=O) groups excluding carboxylic acids is 1. The van der Waals surface area contributed by atoms with Crippen molar-refractivity contribution >= 4 is 23.6 Å². The molecule has 1 saturated carbocycles. The number of unbranched alkanes of at least 4 members (excludes halogenated alkanes) is 2. The van der Waals surface area contributed by atoms with E-state index in [0.29, 0.717) is 30.9 Å². The van der Waals surface area contributed by atoms with Crippen LogP contribution in [0, 0.1) is 17.8 Å². The number of methoxy groups -OCH3 is 1. The van der Waals surface area contributed by atoms with E-state index in [1.807, 2.05) is 51.1 Å². The van der Waals surface area contributed by atoms with Crippen LogP contribution in [-0.2, 0) is 19.0 Å². The molecule has 58 heavy (non-hydrogen) atoms. The van der Waals surface area contributed by atoms with Crippen LogP contribution in [-0.4, -0.2) is 115 Å². The zero-order valence-electron chi connectivity index (χ0n) is 34.7. The minimum Gasteiger partial charge on any atom is -0.493 e. The van der Waals surface area contributed by atoms with Crippen molar-refractivity contribution < 1.29 is 48.6 Å². The van der Waals surface area contributed by atoms with Gasteiger partial charge in [0.05, 0.1) is 51.8 Å². The van der Waals surface area contributed by atoms with Gasteiger partial charge < -0.3 is 43.8 Å². The highest BCUT2D eigenvalue weighted by Gasteiger charge is 2.65. The van der Waals surface area contributed by atoms with Gasteiger partial charge in [-0.25, -0.2) is 4.79 Å². The van der Waals surface area contributed by atoms with Gasteiger partial charge >= 0.3 is 6.09 Å². The van der Waals surface area contributed by atoms with E-state index >= 15 is 0 Å². The topological polar surface area (TPSA) is 149 Å². The van der Waals surface area contributed by atoms with E-state index in [-0.39, 0.29) is 70.4 Å². The first-order chi connectivity index (χ1) is 28.1. The lowest BCUT2D eigenvalue weighted by atomic mass is 9.55. The fourth-order valence-electron chi connectivity index (χ4n) is 8.59. The average molecular weight is 825 g/mol. The van der Waals surface area contributed by atoms with Gasteiger partial charge in [-0.2, -0.15) is 0 Å². The number of allylic oxidation sites excluding steroid dienone is 1. The molecule has 0 aromatic heterocycles. The molecule has 2 aromatic rings. The van der Waals surface area contributed by atoms with E-state index in [0.717, 1.165) is 48.3 Å². The molecule has 0 radical (unpaired) electrons. The summed E-state index contributed by atoms with van der Waals surface area (Å²) in [4.78, 5) is 22.9. The average Bonchev–Trinajstić information content (AvgIpc) is 3.22. The SMILES string of the molecule is C=CCOC12Oc3ccc(OCCSc4ccccc4)cc3C3C(CCCCO)C(CCCCO)C=C(C(=NOC(C)(C)C)CC1N(CCOCCO)C(=O)OC)C32. The summed E-state index contributed by atoms with van der Waals surface area (Å²) < 4.78 is 31.8. The molecule has 1 amide bonds. The molecular formula is C45H64N2O10S. The van der Waals surface area contributed by atoms with Crippen molar-refractivity contribution in [2.75, 3.05) is 65.7 Å². The maximum absolute atomic E-state index is 13.9. The van der Waals surface area contributed by atoms with Crippen molar-refractivity contribution in [1.29, 1.82) is 0 Å². The minimum absolute atomic E-state index is 0.0697. The zero-order chi connectivity index (χ0) is 41.5. The molecule has 6 atom stereocenters. The summed E-state index contributed by atoms with van der Waals surface area (Å²) in [6.07, 6.45) is 8.30. The Morgan fingerprint density at radius 1 is 1.02 bits per heavy atom. The molecule has 1 heterocycles. The maximum atomic E-state index is 13.9. The van der Waals surface area contributed by atoms with Gasteiger partial charge in [-0.05, 0) is 94.2 Å². The van der Waals surface area contributed by atoms with Gasteiger partial charge in [0.2, 0.25) is 5.79 Å². The predicted octanol–water partition coefficient (Wildman–Crippen LogP) is 7.37. The molecule has 3 N–H and O–H groups in total. The Hall–Kier alpha value is -3.59. The van der Waals surface area contributed by atoms with E-state index in [1.54, 1.807) is 22.7 Å². The van der Waals surface area contributed by atoms with Gasteiger partial charge in [0.15, 0.2) is 0 Å². The number of aliphatic hydroxyl groups is 3. The molecule has 2 aliphatic carbocycles. The van der Waals surface area contributed by atoms with Crippen LogP contribution in [0.2, 0.25) is 0 Å². The Labute approximate surface area is 348 Å². The predicted molar refractivity (Wildman–Crippen MR) is 225 cm³/mol. The number of ether oxygens (including phenoxy) is 5. The molecule has 1 fully saturated rings. The lowest BCUT2D eigenvalue weighted by Crippen LogP contribution is -2.70. The molecule has 5 rings (SSSR count). The normalized spacial score (nSPS) is 24.2. The van der Waals surface area contributed by atoms with E-state index in [2.05, 4.69) is 30.9 Å². The summed E-state index contributed by atoms with van der Waals surface area (Å²) in [6, 6.07) is 15.5. The van der Waals surface area contributed by atoms with Crippen molar-refractivity contribution in [3.63, 3.8) is 0 Å². The lowest BCUT2D eigenvalue weighted by Gasteiger charge is -2.59. The number of carbonyl (C=O) groups is 1. The highest BCUT2D eigenvalue weighted by Crippen LogP contribution is 2.62. The second-order valence-electron chi connectivity index (χ2n) is 16.0. The van der Waals surface area contributed by atoms with Crippen LogP contribution in [0.4, 0.5) is 4.79 Å². The molecule has 0 saturated heterocycles. The van der Waals surface area contributed by atoms with Crippen LogP contribution in [0.25, 0.3) is 0 Å². The largest absolute Gasteiger partial charge is 0.493 e. The van der Waals surface area contributed by atoms with Gasteiger partial charge in [-0.3, -0.25) is 4.90 Å². The first-order valence-corrected chi connectivity index (χ1v) is 21.7. The third-order valence-corrected chi connectivity index (χ3v) is 11.9. The Morgan fingerprint density at radius 3 is 2.47 bits per heavy atom. The zero-order valence-corrected chi connectivity index (χ0v) is 35.5. The maximum Gasteiger partial charge on any atom is 0.410 e. The second-order valence-corrected chi connectivity index (χ2v) is 17.2. The van der Waals surface area contributed by atoms with Gasteiger partial charge in [0.1, 0.15) is 23.1 Å². The highest BCUT2D eigenvalue weighted by atomic mass is 32.2.